The maximum absolute atomic E-state index is 10.3. The summed E-state index contributed by atoms with van der Waals surface area (Å²) < 4.78 is 11.2. The molecular formula is C16H25NO3. The quantitative estimate of drug-likeness (QED) is 0.839. The molecule has 0 saturated carbocycles. The first-order chi connectivity index (χ1) is 9.48. The van der Waals surface area contributed by atoms with E-state index in [9.17, 15) is 5.11 Å². The zero-order valence-electron chi connectivity index (χ0n) is 12.6. The summed E-state index contributed by atoms with van der Waals surface area (Å²) in [7, 11) is 0. The van der Waals surface area contributed by atoms with Crippen molar-refractivity contribution < 1.29 is 14.6 Å². The molecule has 1 unspecified atom stereocenters. The van der Waals surface area contributed by atoms with E-state index < -0.39 is 5.60 Å². The van der Waals surface area contributed by atoms with Crippen molar-refractivity contribution in [3.05, 3.63) is 23.8 Å². The molecule has 0 amide bonds. The Morgan fingerprint density at radius 3 is 2.80 bits per heavy atom. The summed E-state index contributed by atoms with van der Waals surface area (Å²) in [5.74, 6) is 2.12. The lowest BCUT2D eigenvalue weighted by Crippen LogP contribution is -2.38. The minimum Gasteiger partial charge on any atom is -0.486 e. The number of ether oxygens (including phenoxy) is 2. The SMILES string of the molecule is CC(C)CC(C)(O)CNCc1cccc2c1OCCO2. The van der Waals surface area contributed by atoms with Gasteiger partial charge in [-0.15, -0.1) is 0 Å². The third kappa shape index (κ3) is 4.12. The minimum atomic E-state index is -0.680. The largest absolute Gasteiger partial charge is 0.486 e. The van der Waals surface area contributed by atoms with Crippen molar-refractivity contribution in [2.75, 3.05) is 19.8 Å². The van der Waals surface area contributed by atoms with Crippen LogP contribution in [0.5, 0.6) is 11.5 Å². The normalized spacial score (nSPS) is 17.1. The second-order valence-electron chi connectivity index (χ2n) is 6.14. The van der Waals surface area contributed by atoms with Crippen LogP contribution >= 0.6 is 0 Å². The smallest absolute Gasteiger partial charge is 0.165 e. The first kappa shape index (κ1) is 15.1. The molecule has 1 aliphatic heterocycles. The van der Waals surface area contributed by atoms with Gasteiger partial charge >= 0.3 is 0 Å². The van der Waals surface area contributed by atoms with E-state index in [0.717, 1.165) is 23.5 Å². The number of aliphatic hydroxyl groups is 1. The molecule has 2 rings (SSSR count). The highest BCUT2D eigenvalue weighted by Gasteiger charge is 2.22. The molecule has 1 aromatic rings. The molecule has 20 heavy (non-hydrogen) atoms. The molecule has 4 nitrogen and oxygen atoms in total. The lowest BCUT2D eigenvalue weighted by atomic mass is 9.94. The van der Waals surface area contributed by atoms with E-state index in [1.165, 1.54) is 0 Å². The van der Waals surface area contributed by atoms with Crippen LogP contribution in [-0.2, 0) is 6.54 Å². The second-order valence-corrected chi connectivity index (χ2v) is 6.14. The van der Waals surface area contributed by atoms with Gasteiger partial charge in [0.15, 0.2) is 11.5 Å². The third-order valence-corrected chi connectivity index (χ3v) is 3.32. The molecule has 0 aliphatic carbocycles. The number of hydrogen-bond acceptors (Lipinski definition) is 4. The summed E-state index contributed by atoms with van der Waals surface area (Å²) in [6.45, 7) is 8.54. The second kappa shape index (κ2) is 6.46. The molecule has 4 heteroatoms. The molecule has 0 fully saturated rings. The number of para-hydroxylation sites is 1. The van der Waals surface area contributed by atoms with Crippen LogP contribution in [0.2, 0.25) is 0 Å². The summed E-state index contributed by atoms with van der Waals surface area (Å²) in [6, 6.07) is 5.92. The van der Waals surface area contributed by atoms with Gasteiger partial charge in [0.05, 0.1) is 5.60 Å². The third-order valence-electron chi connectivity index (χ3n) is 3.32. The zero-order valence-corrected chi connectivity index (χ0v) is 12.6. The van der Waals surface area contributed by atoms with E-state index in [0.29, 0.717) is 32.2 Å². The van der Waals surface area contributed by atoms with Gasteiger partial charge < -0.3 is 19.9 Å². The van der Waals surface area contributed by atoms with Gasteiger partial charge in [0.25, 0.3) is 0 Å². The predicted molar refractivity (Wildman–Crippen MR) is 79.2 cm³/mol. The van der Waals surface area contributed by atoms with Gasteiger partial charge in [0.1, 0.15) is 13.2 Å². The molecule has 0 bridgehead atoms. The topological polar surface area (TPSA) is 50.7 Å². The summed E-state index contributed by atoms with van der Waals surface area (Å²) in [5, 5.41) is 13.6. The van der Waals surface area contributed by atoms with Crippen LogP contribution in [0.1, 0.15) is 32.8 Å². The van der Waals surface area contributed by atoms with Gasteiger partial charge in [0, 0.05) is 18.7 Å². The van der Waals surface area contributed by atoms with Crippen molar-refractivity contribution in [2.45, 2.75) is 39.3 Å². The fourth-order valence-corrected chi connectivity index (χ4v) is 2.69. The van der Waals surface area contributed by atoms with Crippen LogP contribution in [0, 0.1) is 5.92 Å². The highest BCUT2D eigenvalue weighted by atomic mass is 16.6. The maximum Gasteiger partial charge on any atom is 0.165 e. The highest BCUT2D eigenvalue weighted by molar-refractivity contribution is 5.47. The molecule has 0 saturated heterocycles. The fourth-order valence-electron chi connectivity index (χ4n) is 2.69. The van der Waals surface area contributed by atoms with E-state index in [1.807, 2.05) is 25.1 Å². The van der Waals surface area contributed by atoms with Crippen molar-refractivity contribution in [2.24, 2.45) is 5.92 Å². The highest BCUT2D eigenvalue weighted by Crippen LogP contribution is 2.33. The number of hydrogen-bond donors (Lipinski definition) is 2. The van der Waals surface area contributed by atoms with E-state index in [2.05, 4.69) is 19.2 Å². The average molecular weight is 279 g/mol. The van der Waals surface area contributed by atoms with Gasteiger partial charge in [0.2, 0.25) is 0 Å². The molecule has 0 spiro atoms. The Morgan fingerprint density at radius 2 is 2.05 bits per heavy atom. The Labute approximate surface area is 121 Å². The van der Waals surface area contributed by atoms with Gasteiger partial charge in [-0.25, -0.2) is 0 Å². The summed E-state index contributed by atoms with van der Waals surface area (Å²) >= 11 is 0. The fraction of sp³-hybridized carbons (Fsp3) is 0.625. The molecule has 1 aromatic carbocycles. The Hall–Kier alpha value is -1.26. The van der Waals surface area contributed by atoms with E-state index >= 15 is 0 Å². The lowest BCUT2D eigenvalue weighted by Gasteiger charge is -2.26. The molecule has 1 atom stereocenters. The van der Waals surface area contributed by atoms with Crippen molar-refractivity contribution >= 4 is 0 Å². The summed E-state index contributed by atoms with van der Waals surface area (Å²) in [5.41, 5.74) is 0.392. The van der Waals surface area contributed by atoms with Crippen LogP contribution < -0.4 is 14.8 Å². The molecular weight excluding hydrogens is 254 g/mol. The molecule has 112 valence electrons. The zero-order chi connectivity index (χ0) is 14.6. The van der Waals surface area contributed by atoms with E-state index in [1.54, 1.807) is 0 Å². The monoisotopic (exact) mass is 279 g/mol. The lowest BCUT2D eigenvalue weighted by molar-refractivity contribution is 0.0382. The Balaban J connectivity index is 1.91. The van der Waals surface area contributed by atoms with Crippen molar-refractivity contribution in [1.82, 2.24) is 5.32 Å². The standard InChI is InChI=1S/C16H25NO3/c1-12(2)9-16(3,18)11-17-10-13-5-4-6-14-15(13)20-8-7-19-14/h4-6,12,17-18H,7-11H2,1-3H3. The van der Waals surface area contributed by atoms with Crippen molar-refractivity contribution in [1.29, 1.82) is 0 Å². The first-order valence-electron chi connectivity index (χ1n) is 7.28. The van der Waals surface area contributed by atoms with Crippen molar-refractivity contribution in [3.8, 4) is 11.5 Å². The van der Waals surface area contributed by atoms with Crippen LogP contribution in [0.3, 0.4) is 0 Å². The predicted octanol–water partition coefficient (Wildman–Crippen LogP) is 2.34. The van der Waals surface area contributed by atoms with Gasteiger partial charge in [-0.3, -0.25) is 0 Å². The minimum absolute atomic E-state index is 0.480. The molecule has 0 radical (unpaired) electrons. The number of benzene rings is 1. The van der Waals surface area contributed by atoms with Crippen LogP contribution in [0.25, 0.3) is 0 Å². The van der Waals surface area contributed by atoms with Gasteiger partial charge in [-0.1, -0.05) is 26.0 Å². The van der Waals surface area contributed by atoms with E-state index in [-0.39, 0.29) is 0 Å². The number of rotatable bonds is 6. The van der Waals surface area contributed by atoms with Gasteiger partial charge in [-0.05, 0) is 25.3 Å². The Kier molecular flexibility index (Phi) is 4.89. The summed E-state index contributed by atoms with van der Waals surface area (Å²) in [6.07, 6.45) is 0.784. The molecule has 0 aromatic heterocycles. The van der Waals surface area contributed by atoms with Gasteiger partial charge in [-0.2, -0.15) is 0 Å². The maximum atomic E-state index is 10.3. The van der Waals surface area contributed by atoms with Crippen LogP contribution in [-0.4, -0.2) is 30.5 Å². The molecule has 2 N–H and O–H groups in total. The van der Waals surface area contributed by atoms with Crippen LogP contribution in [0.4, 0.5) is 0 Å². The molecule has 1 aliphatic rings. The average Bonchev–Trinajstić information content (AvgIpc) is 2.37. The Morgan fingerprint density at radius 1 is 1.30 bits per heavy atom. The van der Waals surface area contributed by atoms with Crippen molar-refractivity contribution in [3.63, 3.8) is 0 Å². The first-order valence-corrected chi connectivity index (χ1v) is 7.28. The molecule has 1 heterocycles. The number of nitrogens with one attached hydrogen (secondary N) is 1. The van der Waals surface area contributed by atoms with E-state index in [4.69, 9.17) is 9.47 Å². The van der Waals surface area contributed by atoms with Crippen LogP contribution in [0.15, 0.2) is 18.2 Å². The summed E-state index contributed by atoms with van der Waals surface area (Å²) in [4.78, 5) is 0. The Bertz CT molecular complexity index is 443. The number of fused-ring (bicyclic) bond motifs is 1.